The monoisotopic (exact) mass is 663 g/mol. The van der Waals surface area contributed by atoms with E-state index in [1.54, 1.807) is 11.0 Å². The predicted octanol–water partition coefficient (Wildman–Crippen LogP) is 4.48. The molecule has 2 fully saturated rings. The van der Waals surface area contributed by atoms with E-state index in [0.717, 1.165) is 24.8 Å². The lowest BCUT2D eigenvalue weighted by Crippen LogP contribution is -2.59. The molecule has 4 aliphatic rings. The van der Waals surface area contributed by atoms with Gasteiger partial charge in [-0.15, -0.1) is 0 Å². The number of unbranched alkanes of at least 4 members (excludes halogenated alkanes) is 3. The van der Waals surface area contributed by atoms with E-state index in [2.05, 4.69) is 39.9 Å². The SMILES string of the molecule is CC(C)(C)CC(C)(C)N1CC=C[C@@]23O[C@H]4/C=C\CCC(=O)NC[C@H](c5ccccc5)OC(=O)[C@H]4[C@@H]2C(=O)N(CCCCCCO)[C@H]3C1=O. The average molecular weight is 664 g/mol. The van der Waals surface area contributed by atoms with Crippen LogP contribution in [0.4, 0.5) is 0 Å². The number of nitrogens with one attached hydrogen (secondary N) is 1. The van der Waals surface area contributed by atoms with E-state index in [1.165, 1.54) is 0 Å². The molecule has 2 saturated heterocycles. The standard InChI is InChI=1S/C38H53N3O7/c1-36(2,3)25-37(4,5)41-22-15-20-38-31(33(44)40(32(38)34(41)45)21-13-6-7-14-23-42)30-27(48-38)18-11-12-19-29(43)39-24-28(47-35(30)46)26-16-9-8-10-17-26/h8-11,15-18,20,27-28,30-32,42H,6-7,12-14,19,21-25H2,1-5H3,(H,39,43)/b18-11-/t27-,28+,30+,31+,32-,38+/m0/s1. The summed E-state index contributed by atoms with van der Waals surface area (Å²) in [5, 5.41) is 12.2. The molecule has 0 aliphatic carbocycles. The molecule has 1 spiro atoms. The van der Waals surface area contributed by atoms with Gasteiger partial charge < -0.3 is 29.7 Å². The Morgan fingerprint density at radius 2 is 1.69 bits per heavy atom. The van der Waals surface area contributed by atoms with Crippen LogP contribution in [0.2, 0.25) is 0 Å². The second kappa shape index (κ2) is 14.5. The van der Waals surface area contributed by atoms with Crippen molar-refractivity contribution in [3.8, 4) is 0 Å². The fourth-order valence-corrected chi connectivity index (χ4v) is 8.33. The van der Waals surface area contributed by atoms with Crippen LogP contribution in [0.25, 0.3) is 0 Å². The summed E-state index contributed by atoms with van der Waals surface area (Å²) >= 11 is 0. The minimum absolute atomic E-state index is 0.0538. The fourth-order valence-electron chi connectivity index (χ4n) is 8.33. The molecule has 5 rings (SSSR count). The molecule has 2 N–H and O–H groups in total. The minimum Gasteiger partial charge on any atom is -0.455 e. The number of nitrogens with zero attached hydrogens (tertiary/aromatic N) is 2. The molecule has 0 radical (unpaired) electrons. The van der Waals surface area contributed by atoms with Crippen molar-refractivity contribution in [3.05, 3.63) is 60.2 Å². The van der Waals surface area contributed by atoms with Gasteiger partial charge in [-0.3, -0.25) is 19.2 Å². The van der Waals surface area contributed by atoms with Crippen LogP contribution in [-0.2, 0) is 28.7 Å². The molecule has 0 saturated carbocycles. The van der Waals surface area contributed by atoms with Crippen LogP contribution >= 0.6 is 0 Å². The Labute approximate surface area is 284 Å². The summed E-state index contributed by atoms with van der Waals surface area (Å²) in [5.74, 6) is -3.19. The van der Waals surface area contributed by atoms with E-state index in [9.17, 15) is 24.3 Å². The second-order valence-corrected chi connectivity index (χ2v) is 15.5. The molecule has 0 bridgehead atoms. The van der Waals surface area contributed by atoms with Crippen molar-refractivity contribution in [2.75, 3.05) is 26.2 Å². The number of ether oxygens (including phenoxy) is 2. The van der Waals surface area contributed by atoms with Crippen LogP contribution < -0.4 is 5.32 Å². The van der Waals surface area contributed by atoms with Crippen molar-refractivity contribution in [2.45, 2.75) is 109 Å². The molecule has 0 aromatic heterocycles. The number of cyclic esters (lactones) is 1. The minimum atomic E-state index is -1.37. The Kier molecular flexibility index (Phi) is 10.8. The number of allylic oxidation sites excluding steroid dienone is 1. The Morgan fingerprint density at radius 1 is 0.958 bits per heavy atom. The summed E-state index contributed by atoms with van der Waals surface area (Å²) in [6.07, 6.45) is 10.1. The summed E-state index contributed by atoms with van der Waals surface area (Å²) in [6, 6.07) is 8.29. The number of fused-ring (bicyclic) bond motifs is 2. The van der Waals surface area contributed by atoms with Crippen LogP contribution in [0.3, 0.4) is 0 Å². The van der Waals surface area contributed by atoms with Gasteiger partial charge in [0.25, 0.3) is 0 Å². The molecule has 4 heterocycles. The molecule has 0 unspecified atom stereocenters. The summed E-state index contributed by atoms with van der Waals surface area (Å²) in [7, 11) is 0. The van der Waals surface area contributed by atoms with Crippen molar-refractivity contribution < 1.29 is 33.8 Å². The zero-order chi connectivity index (χ0) is 34.7. The molecule has 10 heteroatoms. The number of aliphatic hydroxyl groups is 1. The van der Waals surface area contributed by atoms with E-state index in [1.807, 2.05) is 53.5 Å². The van der Waals surface area contributed by atoms with Gasteiger partial charge in [-0.2, -0.15) is 0 Å². The average Bonchev–Trinajstić information content (AvgIpc) is 3.39. The second-order valence-electron chi connectivity index (χ2n) is 15.5. The van der Waals surface area contributed by atoms with Gasteiger partial charge in [0, 0.05) is 31.7 Å². The number of rotatable bonds is 9. The Balaban J connectivity index is 1.56. The van der Waals surface area contributed by atoms with Crippen molar-refractivity contribution in [1.82, 2.24) is 15.1 Å². The number of hydrogen-bond donors (Lipinski definition) is 2. The molecular formula is C38H53N3O7. The van der Waals surface area contributed by atoms with Gasteiger partial charge in [-0.1, -0.05) is 88.2 Å². The van der Waals surface area contributed by atoms with Crippen molar-refractivity contribution >= 4 is 23.7 Å². The van der Waals surface area contributed by atoms with Gasteiger partial charge in [0.2, 0.25) is 17.7 Å². The van der Waals surface area contributed by atoms with Gasteiger partial charge in [0.1, 0.15) is 23.7 Å². The normalized spacial score (nSPS) is 30.4. The van der Waals surface area contributed by atoms with Gasteiger partial charge in [0.15, 0.2) is 0 Å². The third kappa shape index (κ3) is 7.39. The van der Waals surface area contributed by atoms with E-state index >= 15 is 0 Å². The summed E-state index contributed by atoms with van der Waals surface area (Å²) in [4.78, 5) is 60.1. The molecule has 1 aromatic carbocycles. The molecule has 3 amide bonds. The first kappa shape index (κ1) is 35.8. The summed E-state index contributed by atoms with van der Waals surface area (Å²) in [6.45, 7) is 11.5. The Morgan fingerprint density at radius 3 is 2.40 bits per heavy atom. The van der Waals surface area contributed by atoms with Crippen LogP contribution in [0.5, 0.6) is 0 Å². The first-order valence-electron chi connectivity index (χ1n) is 17.6. The van der Waals surface area contributed by atoms with E-state index < -0.39 is 47.2 Å². The van der Waals surface area contributed by atoms with Crippen LogP contribution in [0.1, 0.15) is 91.2 Å². The lowest BCUT2D eigenvalue weighted by atomic mass is 9.77. The van der Waals surface area contributed by atoms with E-state index in [-0.39, 0.29) is 42.7 Å². The Hall–Kier alpha value is -3.50. The smallest absolute Gasteiger partial charge is 0.313 e. The predicted molar refractivity (Wildman–Crippen MR) is 181 cm³/mol. The van der Waals surface area contributed by atoms with Crippen molar-refractivity contribution in [1.29, 1.82) is 0 Å². The van der Waals surface area contributed by atoms with E-state index in [0.29, 0.717) is 32.4 Å². The van der Waals surface area contributed by atoms with Gasteiger partial charge in [0.05, 0.1) is 18.6 Å². The third-order valence-electron chi connectivity index (χ3n) is 10.0. The molecule has 6 atom stereocenters. The molecule has 48 heavy (non-hydrogen) atoms. The number of aliphatic hydroxyl groups excluding tert-OH is 1. The lowest BCUT2D eigenvalue weighted by Gasteiger charge is -2.44. The maximum absolute atomic E-state index is 14.9. The first-order valence-corrected chi connectivity index (χ1v) is 17.6. The number of carbonyl (C=O) groups is 4. The fraction of sp³-hybridized carbons (Fsp3) is 0.632. The maximum Gasteiger partial charge on any atom is 0.313 e. The molecule has 262 valence electrons. The summed E-state index contributed by atoms with van der Waals surface area (Å²) in [5.41, 5.74) is -1.22. The number of hydrogen-bond acceptors (Lipinski definition) is 7. The number of benzene rings is 1. The highest BCUT2D eigenvalue weighted by atomic mass is 16.6. The lowest BCUT2D eigenvalue weighted by molar-refractivity contribution is -0.160. The highest BCUT2D eigenvalue weighted by molar-refractivity contribution is 5.99. The van der Waals surface area contributed by atoms with Crippen LogP contribution in [-0.4, -0.2) is 88.1 Å². The Bertz CT molecular complexity index is 1400. The quantitative estimate of drug-likeness (QED) is 0.227. The molecular weight excluding hydrogens is 610 g/mol. The largest absolute Gasteiger partial charge is 0.455 e. The van der Waals surface area contributed by atoms with Crippen LogP contribution in [0, 0.1) is 17.3 Å². The highest BCUT2D eigenvalue weighted by Gasteiger charge is 2.72. The zero-order valence-electron chi connectivity index (χ0n) is 29.2. The van der Waals surface area contributed by atoms with E-state index in [4.69, 9.17) is 9.47 Å². The molecule has 4 aliphatic heterocycles. The van der Waals surface area contributed by atoms with Gasteiger partial charge in [-0.05, 0) is 50.5 Å². The zero-order valence-corrected chi connectivity index (χ0v) is 29.2. The van der Waals surface area contributed by atoms with Crippen molar-refractivity contribution in [2.24, 2.45) is 17.3 Å². The van der Waals surface area contributed by atoms with Gasteiger partial charge in [-0.25, -0.2) is 0 Å². The number of esters is 1. The van der Waals surface area contributed by atoms with Crippen LogP contribution in [0.15, 0.2) is 54.6 Å². The first-order chi connectivity index (χ1) is 22.8. The maximum atomic E-state index is 14.9. The number of carbonyl (C=O) groups excluding carboxylic acids is 4. The topological polar surface area (TPSA) is 125 Å². The number of likely N-dealkylation sites (tertiary alicyclic amines) is 1. The molecule has 1 aromatic rings. The van der Waals surface area contributed by atoms with Gasteiger partial charge >= 0.3 is 5.97 Å². The third-order valence-corrected chi connectivity index (χ3v) is 10.0. The molecule has 10 nitrogen and oxygen atoms in total. The number of amides is 3. The summed E-state index contributed by atoms with van der Waals surface area (Å²) < 4.78 is 13.0. The highest BCUT2D eigenvalue weighted by Crippen LogP contribution is 2.54. The van der Waals surface area contributed by atoms with Crippen molar-refractivity contribution in [3.63, 3.8) is 0 Å².